The Kier molecular flexibility index (Phi) is 8.43. The molecule has 0 atom stereocenters. The maximum Gasteiger partial charge on any atom is 0.124 e. The molecule has 2 rings (SSSR count). The standard InChI is InChI=1S/C27H38N2O2/c1-26(2,3)16-20-8-10-24(30)22(14-20)18-28-12-7-13-29-19-23-15-21(9-11-25(23)31)17-27(4,5)6/h8-11,14-15,18-19,30-31H,7,12-13,16-17H2,1-6H3. The number of benzene rings is 2. The highest BCUT2D eigenvalue weighted by molar-refractivity contribution is 5.84. The van der Waals surface area contributed by atoms with Crippen molar-refractivity contribution >= 4 is 12.4 Å². The molecule has 0 saturated heterocycles. The van der Waals surface area contributed by atoms with Gasteiger partial charge in [0, 0.05) is 36.6 Å². The first kappa shape index (κ1) is 24.6. The summed E-state index contributed by atoms with van der Waals surface area (Å²) in [4.78, 5) is 8.90. The van der Waals surface area contributed by atoms with E-state index in [0.717, 1.165) is 30.4 Å². The molecular weight excluding hydrogens is 384 g/mol. The van der Waals surface area contributed by atoms with Crippen molar-refractivity contribution in [2.75, 3.05) is 13.1 Å². The number of aromatic hydroxyl groups is 2. The predicted molar refractivity (Wildman–Crippen MR) is 132 cm³/mol. The molecule has 0 heterocycles. The summed E-state index contributed by atoms with van der Waals surface area (Å²) in [5.74, 6) is 0.509. The molecule has 0 fully saturated rings. The second-order valence-corrected chi connectivity index (χ2v) is 10.7. The van der Waals surface area contributed by atoms with Gasteiger partial charge in [0.2, 0.25) is 0 Å². The lowest BCUT2D eigenvalue weighted by molar-refractivity contribution is 0.410. The molecule has 2 aromatic rings. The molecule has 2 N–H and O–H groups in total. The SMILES string of the molecule is CC(C)(C)Cc1ccc(O)c(C=NCCCN=Cc2cc(CC(C)(C)C)ccc2O)c1. The second kappa shape index (κ2) is 10.6. The van der Waals surface area contributed by atoms with E-state index in [1.165, 1.54) is 11.1 Å². The zero-order valence-corrected chi connectivity index (χ0v) is 19.9. The third kappa shape index (κ3) is 9.37. The highest BCUT2D eigenvalue weighted by Crippen LogP contribution is 2.25. The molecule has 168 valence electrons. The van der Waals surface area contributed by atoms with E-state index in [0.29, 0.717) is 13.1 Å². The minimum absolute atomic E-state index is 0.198. The lowest BCUT2D eigenvalue weighted by atomic mass is 9.87. The van der Waals surface area contributed by atoms with Crippen LogP contribution in [-0.2, 0) is 12.8 Å². The van der Waals surface area contributed by atoms with E-state index in [1.807, 2.05) is 24.3 Å². The van der Waals surface area contributed by atoms with Crippen LogP contribution in [0.1, 0.15) is 70.2 Å². The molecular formula is C27H38N2O2. The van der Waals surface area contributed by atoms with Gasteiger partial charge in [0.1, 0.15) is 11.5 Å². The van der Waals surface area contributed by atoms with Gasteiger partial charge in [0.25, 0.3) is 0 Å². The molecule has 0 bridgehead atoms. The van der Waals surface area contributed by atoms with Gasteiger partial charge in [-0.05, 0) is 65.5 Å². The van der Waals surface area contributed by atoms with Crippen molar-refractivity contribution in [1.82, 2.24) is 0 Å². The zero-order valence-electron chi connectivity index (χ0n) is 19.9. The molecule has 31 heavy (non-hydrogen) atoms. The molecule has 0 amide bonds. The predicted octanol–water partition coefficient (Wildman–Crippen LogP) is 6.20. The topological polar surface area (TPSA) is 65.2 Å². The van der Waals surface area contributed by atoms with Gasteiger partial charge in [-0.3, -0.25) is 9.98 Å². The summed E-state index contributed by atoms with van der Waals surface area (Å²) in [5.41, 5.74) is 4.31. The monoisotopic (exact) mass is 422 g/mol. The summed E-state index contributed by atoms with van der Waals surface area (Å²) in [6.45, 7) is 14.5. The van der Waals surface area contributed by atoms with Crippen molar-refractivity contribution in [2.45, 2.75) is 60.8 Å². The van der Waals surface area contributed by atoms with Crippen LogP contribution in [0.15, 0.2) is 46.4 Å². The summed E-state index contributed by atoms with van der Waals surface area (Å²) in [6.07, 6.45) is 6.19. The molecule has 0 aliphatic rings. The van der Waals surface area contributed by atoms with Crippen LogP contribution < -0.4 is 0 Å². The maximum atomic E-state index is 10.1. The lowest BCUT2D eigenvalue weighted by Crippen LogP contribution is -2.09. The Labute approximate surface area is 187 Å². The van der Waals surface area contributed by atoms with E-state index < -0.39 is 0 Å². The molecule has 0 aliphatic heterocycles. The molecule has 0 unspecified atom stereocenters. The van der Waals surface area contributed by atoms with Crippen LogP contribution in [0.25, 0.3) is 0 Å². The zero-order chi connectivity index (χ0) is 23.1. The van der Waals surface area contributed by atoms with Crippen LogP contribution in [0.5, 0.6) is 11.5 Å². The van der Waals surface area contributed by atoms with E-state index in [2.05, 4.69) is 51.5 Å². The quantitative estimate of drug-likeness (QED) is 0.393. The van der Waals surface area contributed by atoms with Gasteiger partial charge in [0.15, 0.2) is 0 Å². The molecule has 0 aliphatic carbocycles. The van der Waals surface area contributed by atoms with Gasteiger partial charge < -0.3 is 10.2 Å². The first-order chi connectivity index (χ1) is 14.4. The molecule has 0 spiro atoms. The van der Waals surface area contributed by atoms with Crippen molar-refractivity contribution in [2.24, 2.45) is 20.8 Å². The average molecular weight is 423 g/mol. The van der Waals surface area contributed by atoms with Crippen LogP contribution in [0.4, 0.5) is 0 Å². The van der Waals surface area contributed by atoms with Crippen LogP contribution in [0.3, 0.4) is 0 Å². The van der Waals surface area contributed by atoms with Gasteiger partial charge in [-0.25, -0.2) is 0 Å². The largest absolute Gasteiger partial charge is 0.507 e. The number of phenols is 2. The van der Waals surface area contributed by atoms with Crippen molar-refractivity contribution in [1.29, 1.82) is 0 Å². The average Bonchev–Trinajstić information content (AvgIpc) is 2.63. The molecule has 2 aromatic carbocycles. The third-order valence-corrected chi connectivity index (χ3v) is 4.69. The smallest absolute Gasteiger partial charge is 0.124 e. The Bertz CT molecular complexity index is 840. The minimum Gasteiger partial charge on any atom is -0.507 e. The fourth-order valence-corrected chi connectivity index (χ4v) is 3.44. The Morgan fingerprint density at radius 1 is 0.677 bits per heavy atom. The normalized spacial score (nSPS) is 12.8. The van der Waals surface area contributed by atoms with E-state index in [4.69, 9.17) is 0 Å². The Balaban J connectivity index is 1.87. The maximum absolute atomic E-state index is 10.1. The van der Waals surface area contributed by atoms with Crippen molar-refractivity contribution < 1.29 is 10.2 Å². The van der Waals surface area contributed by atoms with E-state index in [1.54, 1.807) is 24.6 Å². The van der Waals surface area contributed by atoms with Gasteiger partial charge in [-0.2, -0.15) is 0 Å². The first-order valence-electron chi connectivity index (χ1n) is 11.1. The number of nitrogens with zero attached hydrogens (tertiary/aromatic N) is 2. The van der Waals surface area contributed by atoms with E-state index in [9.17, 15) is 10.2 Å². The fourth-order valence-electron chi connectivity index (χ4n) is 3.44. The molecule has 4 heteroatoms. The van der Waals surface area contributed by atoms with Crippen LogP contribution in [-0.4, -0.2) is 35.7 Å². The minimum atomic E-state index is 0.198. The molecule has 0 aromatic heterocycles. The number of phenolic OH excluding ortho intramolecular Hbond substituents is 2. The number of aliphatic imine (C=N–C) groups is 2. The van der Waals surface area contributed by atoms with E-state index in [-0.39, 0.29) is 22.3 Å². The summed E-state index contributed by atoms with van der Waals surface area (Å²) in [5, 5.41) is 20.2. The summed E-state index contributed by atoms with van der Waals surface area (Å²) in [6, 6.07) is 11.4. The molecule has 4 nitrogen and oxygen atoms in total. The Hall–Kier alpha value is -2.62. The fraction of sp³-hybridized carbons (Fsp3) is 0.481. The lowest BCUT2D eigenvalue weighted by Gasteiger charge is -2.18. The van der Waals surface area contributed by atoms with Gasteiger partial charge in [-0.15, -0.1) is 0 Å². The first-order valence-corrected chi connectivity index (χ1v) is 11.1. The molecule has 0 radical (unpaired) electrons. The van der Waals surface area contributed by atoms with Crippen LogP contribution in [0, 0.1) is 10.8 Å². The molecule has 0 saturated carbocycles. The summed E-state index contributed by atoms with van der Waals surface area (Å²) < 4.78 is 0. The number of hydrogen-bond acceptors (Lipinski definition) is 4. The van der Waals surface area contributed by atoms with Gasteiger partial charge >= 0.3 is 0 Å². The highest BCUT2D eigenvalue weighted by atomic mass is 16.3. The second-order valence-electron chi connectivity index (χ2n) is 10.7. The van der Waals surface area contributed by atoms with Crippen molar-refractivity contribution in [3.05, 3.63) is 58.7 Å². The van der Waals surface area contributed by atoms with Crippen LogP contribution in [0.2, 0.25) is 0 Å². The summed E-state index contributed by atoms with van der Waals surface area (Å²) >= 11 is 0. The van der Waals surface area contributed by atoms with Crippen molar-refractivity contribution in [3.63, 3.8) is 0 Å². The number of rotatable bonds is 8. The Morgan fingerprint density at radius 3 is 1.42 bits per heavy atom. The highest BCUT2D eigenvalue weighted by Gasteiger charge is 2.13. The summed E-state index contributed by atoms with van der Waals surface area (Å²) in [7, 11) is 0. The third-order valence-electron chi connectivity index (χ3n) is 4.69. The van der Waals surface area contributed by atoms with Gasteiger partial charge in [0.05, 0.1) is 0 Å². The number of hydrogen-bond donors (Lipinski definition) is 2. The van der Waals surface area contributed by atoms with Gasteiger partial charge in [-0.1, -0.05) is 53.7 Å². The van der Waals surface area contributed by atoms with Crippen molar-refractivity contribution in [3.8, 4) is 11.5 Å². The Morgan fingerprint density at radius 2 is 1.06 bits per heavy atom. The van der Waals surface area contributed by atoms with E-state index >= 15 is 0 Å². The van der Waals surface area contributed by atoms with Crippen LogP contribution >= 0.6 is 0 Å².